The van der Waals surface area contributed by atoms with Crippen LogP contribution in [0.1, 0.15) is 68.2 Å². The molecule has 0 bridgehead atoms. The van der Waals surface area contributed by atoms with Crippen molar-refractivity contribution in [2.24, 2.45) is 0 Å². The molecule has 3 rings (SSSR count). The van der Waals surface area contributed by atoms with Crippen molar-refractivity contribution in [3.05, 3.63) is 24.3 Å². The van der Waals surface area contributed by atoms with Crippen LogP contribution in [0.15, 0.2) is 24.3 Å². The van der Waals surface area contributed by atoms with Crippen molar-refractivity contribution in [1.29, 1.82) is 0 Å². The second-order valence-corrected chi connectivity index (χ2v) is 13.6. The molecule has 1 aromatic carbocycles. The molecule has 0 radical (unpaired) electrons. The lowest BCUT2D eigenvalue weighted by Crippen LogP contribution is -2.62. The number of benzene rings is 1. The smallest absolute Gasteiger partial charge is 0.303 e. The average Bonchev–Trinajstić information content (AvgIpc) is 3.10. The molecule has 60 heavy (non-hydrogen) atoms. The minimum absolute atomic E-state index is 0.149. The lowest BCUT2D eigenvalue weighted by atomic mass is 9.92. The van der Waals surface area contributed by atoms with Crippen molar-refractivity contribution in [3.63, 3.8) is 0 Å². The molecule has 2 aliphatic rings. The van der Waals surface area contributed by atoms with Gasteiger partial charge in [-0.05, 0) is 18.2 Å². The van der Waals surface area contributed by atoms with Gasteiger partial charge in [0.1, 0.15) is 37.6 Å². The monoisotopic (exact) mass is 852 g/mol. The zero-order valence-electron chi connectivity index (χ0n) is 34.1. The second-order valence-electron chi connectivity index (χ2n) is 13.6. The summed E-state index contributed by atoms with van der Waals surface area (Å²) in [5, 5.41) is 5.24. The Kier molecular flexibility index (Phi) is 17.9. The molecule has 22 nitrogen and oxygen atoms in total. The Morgan fingerprint density at radius 1 is 0.433 bits per heavy atom. The summed E-state index contributed by atoms with van der Waals surface area (Å²) in [4.78, 5) is 123. The molecule has 2 heterocycles. The second kappa shape index (κ2) is 22.3. The molecule has 22 heteroatoms. The van der Waals surface area contributed by atoms with E-state index < -0.39 is 147 Å². The van der Waals surface area contributed by atoms with Crippen molar-refractivity contribution in [2.45, 2.75) is 129 Å². The highest BCUT2D eigenvalue weighted by Crippen LogP contribution is 2.33. The number of amides is 2. The van der Waals surface area contributed by atoms with Gasteiger partial charge in [-0.15, -0.1) is 0 Å². The predicted molar refractivity (Wildman–Crippen MR) is 197 cm³/mol. The summed E-state index contributed by atoms with van der Waals surface area (Å²) in [6, 6.07) is 5.80. The van der Waals surface area contributed by atoms with Crippen LogP contribution in [0, 0.1) is 0 Å². The first-order valence-electron chi connectivity index (χ1n) is 18.4. The normalized spacial score (nSPS) is 25.8. The highest BCUT2D eigenvalue weighted by molar-refractivity contribution is 5.94. The zero-order chi connectivity index (χ0) is 44.8. The van der Waals surface area contributed by atoms with Gasteiger partial charge >= 0.3 is 47.8 Å². The van der Waals surface area contributed by atoms with E-state index in [2.05, 4.69) is 10.6 Å². The van der Waals surface area contributed by atoms with Crippen LogP contribution in [0.25, 0.3) is 0 Å². The van der Waals surface area contributed by atoms with Gasteiger partial charge in [-0.3, -0.25) is 47.9 Å². The lowest BCUT2D eigenvalue weighted by Gasteiger charge is -2.44. The van der Waals surface area contributed by atoms with E-state index in [1.807, 2.05) is 0 Å². The molecular weight excluding hydrogens is 804 g/mol. The molecule has 2 N–H and O–H groups in total. The standard InChI is InChI=1S/C38H48N2O20/c1-17(41)51-15-29-35(55-21(5)45)37(57-23(7)47)33(53-19(3)43)27(59-29)13-31(49)39-25-10-9-11-26(12-25)40-32(50)14-28-34(54-20(4)44)38(58-24(8)48)36(56-22(6)46)30(60-28)16-52-18(2)42/h9-12,27-30,33-38H,13-16H2,1-8H3,(H,39,49)(H,40,50)/t27-,28-,29-,30-,33-,34-,35-,36-,37-,38-/m1/s1. The van der Waals surface area contributed by atoms with Gasteiger partial charge in [-0.25, -0.2) is 0 Å². The number of anilines is 2. The van der Waals surface area contributed by atoms with Crippen LogP contribution >= 0.6 is 0 Å². The van der Waals surface area contributed by atoms with Crippen molar-refractivity contribution >= 4 is 70.9 Å². The van der Waals surface area contributed by atoms with E-state index in [0.717, 1.165) is 55.4 Å². The molecule has 0 spiro atoms. The van der Waals surface area contributed by atoms with Gasteiger partial charge in [0.2, 0.25) is 11.8 Å². The Hall–Kier alpha value is -6.16. The molecule has 2 aliphatic heterocycles. The minimum atomic E-state index is -1.48. The van der Waals surface area contributed by atoms with Crippen LogP contribution < -0.4 is 10.6 Å². The van der Waals surface area contributed by atoms with Crippen LogP contribution in [0.3, 0.4) is 0 Å². The van der Waals surface area contributed by atoms with E-state index in [-0.39, 0.29) is 11.4 Å². The van der Waals surface area contributed by atoms with Crippen molar-refractivity contribution in [1.82, 2.24) is 0 Å². The minimum Gasteiger partial charge on any atom is -0.463 e. The zero-order valence-corrected chi connectivity index (χ0v) is 34.1. The number of esters is 8. The van der Waals surface area contributed by atoms with Gasteiger partial charge in [0, 0.05) is 66.8 Å². The number of hydrogen-bond donors (Lipinski definition) is 2. The third-order valence-electron chi connectivity index (χ3n) is 8.38. The quantitative estimate of drug-likeness (QED) is 0.170. The van der Waals surface area contributed by atoms with Crippen LogP contribution in [-0.2, 0) is 95.3 Å². The van der Waals surface area contributed by atoms with E-state index in [1.165, 1.54) is 24.3 Å². The fourth-order valence-electron chi connectivity index (χ4n) is 6.43. The maximum Gasteiger partial charge on any atom is 0.303 e. The van der Waals surface area contributed by atoms with Crippen LogP contribution in [-0.4, -0.2) is 134 Å². The summed E-state index contributed by atoms with van der Waals surface area (Å²) in [7, 11) is 0. The fourth-order valence-corrected chi connectivity index (χ4v) is 6.43. The van der Waals surface area contributed by atoms with Crippen molar-refractivity contribution in [2.75, 3.05) is 23.8 Å². The molecule has 2 saturated heterocycles. The summed E-state index contributed by atoms with van der Waals surface area (Å²) in [6.45, 7) is 7.63. The molecule has 0 aliphatic carbocycles. The van der Waals surface area contributed by atoms with Crippen LogP contribution in [0.2, 0.25) is 0 Å². The van der Waals surface area contributed by atoms with Crippen LogP contribution in [0.4, 0.5) is 11.4 Å². The molecular formula is C38H48N2O20. The number of hydrogen-bond acceptors (Lipinski definition) is 20. The van der Waals surface area contributed by atoms with Gasteiger partial charge in [-0.2, -0.15) is 0 Å². The highest BCUT2D eigenvalue weighted by atomic mass is 16.7. The van der Waals surface area contributed by atoms with Gasteiger partial charge in [0.05, 0.1) is 12.8 Å². The van der Waals surface area contributed by atoms with Gasteiger partial charge in [-0.1, -0.05) is 6.07 Å². The average molecular weight is 853 g/mol. The molecule has 0 aromatic heterocycles. The number of carbonyl (C=O) groups excluding carboxylic acids is 10. The molecule has 330 valence electrons. The number of carbonyl (C=O) groups is 10. The molecule has 1 aromatic rings. The van der Waals surface area contributed by atoms with Crippen molar-refractivity contribution in [3.8, 4) is 0 Å². The molecule has 2 amide bonds. The predicted octanol–water partition coefficient (Wildman–Crippen LogP) is 0.595. The van der Waals surface area contributed by atoms with E-state index >= 15 is 0 Å². The van der Waals surface area contributed by atoms with E-state index in [4.69, 9.17) is 47.4 Å². The summed E-state index contributed by atoms with van der Waals surface area (Å²) in [6.07, 6.45) is -15.1. The fraction of sp³-hybridized carbons (Fsp3) is 0.579. The maximum absolute atomic E-state index is 13.5. The van der Waals surface area contributed by atoms with Gasteiger partial charge in [0.15, 0.2) is 36.6 Å². The molecule has 10 atom stereocenters. The summed E-state index contributed by atoms with van der Waals surface area (Å²) in [5.41, 5.74) is 0.298. The van der Waals surface area contributed by atoms with E-state index in [1.54, 1.807) is 0 Å². The van der Waals surface area contributed by atoms with Gasteiger partial charge < -0.3 is 58.0 Å². The Labute approximate surface area is 343 Å². The first kappa shape index (κ1) is 48.2. The first-order valence-corrected chi connectivity index (χ1v) is 18.4. The number of nitrogens with one attached hydrogen (secondary N) is 2. The SMILES string of the molecule is CC(=O)OC[C@H]1O[C@H](CC(=O)Nc2cccc(NC(=O)C[C@H]3O[C@H](COC(C)=O)[C@@H](OC(C)=O)[C@H](OC(C)=O)[C@@H]3OC(C)=O)c2)[C@@H](OC(C)=O)[C@@H](OC(C)=O)[C@@H]1OC(C)=O. The van der Waals surface area contributed by atoms with Crippen molar-refractivity contribution < 1.29 is 95.3 Å². The van der Waals surface area contributed by atoms with Gasteiger partial charge in [0.25, 0.3) is 0 Å². The Bertz CT molecular complexity index is 1670. The van der Waals surface area contributed by atoms with Crippen LogP contribution in [0.5, 0.6) is 0 Å². The third-order valence-corrected chi connectivity index (χ3v) is 8.38. The summed E-state index contributed by atoms with van der Waals surface area (Å²) in [5.74, 6) is -7.92. The lowest BCUT2D eigenvalue weighted by molar-refractivity contribution is -0.252. The first-order chi connectivity index (χ1) is 28.1. The molecule has 0 saturated carbocycles. The Morgan fingerprint density at radius 3 is 1.00 bits per heavy atom. The number of ether oxygens (including phenoxy) is 10. The third kappa shape index (κ3) is 15.2. The van der Waals surface area contributed by atoms with E-state index in [0.29, 0.717) is 0 Å². The maximum atomic E-state index is 13.5. The largest absolute Gasteiger partial charge is 0.463 e. The van der Waals surface area contributed by atoms with E-state index in [9.17, 15) is 47.9 Å². The Morgan fingerprint density at radius 2 is 0.717 bits per heavy atom. The number of rotatable bonds is 16. The highest BCUT2D eigenvalue weighted by Gasteiger charge is 2.54. The summed E-state index contributed by atoms with van der Waals surface area (Å²) >= 11 is 0. The molecule has 2 fully saturated rings. The molecule has 0 unspecified atom stereocenters. The Balaban J connectivity index is 1.84. The summed E-state index contributed by atoms with van der Waals surface area (Å²) < 4.78 is 54.5. The topological polar surface area (TPSA) is 287 Å².